The molecule has 0 aliphatic carbocycles. The van der Waals surface area contributed by atoms with E-state index in [1.165, 1.54) is 11.6 Å². The van der Waals surface area contributed by atoms with Crippen LogP contribution in [0.2, 0.25) is 0 Å². The van der Waals surface area contributed by atoms with E-state index in [0.29, 0.717) is 28.8 Å². The van der Waals surface area contributed by atoms with Crippen LogP contribution >= 0.6 is 0 Å². The van der Waals surface area contributed by atoms with E-state index < -0.39 is 4.92 Å². The first kappa shape index (κ1) is 18.8. The Morgan fingerprint density at radius 3 is 2.44 bits per heavy atom. The lowest BCUT2D eigenvalue weighted by molar-refractivity contribution is -0.385. The van der Waals surface area contributed by atoms with E-state index in [9.17, 15) is 10.1 Å². The Kier molecular flexibility index (Phi) is 5.35. The minimum atomic E-state index is -0.402. The summed E-state index contributed by atoms with van der Waals surface area (Å²) >= 11 is 0. The van der Waals surface area contributed by atoms with Crippen LogP contribution < -0.4 is 0 Å². The molecular weight excluding hydrogens is 342 g/mol. The lowest BCUT2D eigenvalue weighted by Crippen LogP contribution is -1.98. The second-order valence-corrected chi connectivity index (χ2v) is 7.28. The molecule has 2 aromatic carbocycles. The van der Waals surface area contributed by atoms with Crippen LogP contribution in [0.5, 0.6) is 0 Å². The summed E-state index contributed by atoms with van der Waals surface area (Å²) in [6.07, 6.45) is 1.05. The van der Waals surface area contributed by atoms with E-state index in [0.717, 1.165) is 12.0 Å². The first-order valence-corrected chi connectivity index (χ1v) is 9.03. The van der Waals surface area contributed by atoms with Crippen molar-refractivity contribution in [2.24, 2.45) is 5.92 Å². The zero-order valence-electron chi connectivity index (χ0n) is 16.0. The minimum Gasteiger partial charge on any atom is -0.338 e. The normalized spacial score (nSPS) is 12.3. The number of nitrogens with zero attached hydrogens (tertiary/aromatic N) is 3. The quantitative estimate of drug-likeness (QED) is 0.437. The van der Waals surface area contributed by atoms with Crippen LogP contribution in [0.25, 0.3) is 11.4 Å². The molecule has 3 aromatic rings. The third-order valence-electron chi connectivity index (χ3n) is 4.60. The Morgan fingerprint density at radius 2 is 1.81 bits per heavy atom. The summed E-state index contributed by atoms with van der Waals surface area (Å²) in [5.74, 6) is 1.41. The maximum absolute atomic E-state index is 11.1. The largest absolute Gasteiger partial charge is 0.338 e. The molecule has 140 valence electrons. The highest BCUT2D eigenvalue weighted by Crippen LogP contribution is 2.28. The van der Waals surface area contributed by atoms with Gasteiger partial charge in [0.25, 0.3) is 5.69 Å². The second-order valence-electron chi connectivity index (χ2n) is 7.28. The fourth-order valence-corrected chi connectivity index (χ4v) is 3.03. The number of hydrogen-bond acceptors (Lipinski definition) is 5. The van der Waals surface area contributed by atoms with Crippen LogP contribution in [0.4, 0.5) is 5.69 Å². The average Bonchev–Trinajstić information content (AvgIpc) is 3.11. The molecule has 0 radical (unpaired) electrons. The smallest absolute Gasteiger partial charge is 0.273 e. The van der Waals surface area contributed by atoms with Crippen molar-refractivity contribution in [1.82, 2.24) is 10.1 Å². The maximum Gasteiger partial charge on any atom is 0.273 e. The number of nitro groups is 1. The molecule has 6 heteroatoms. The van der Waals surface area contributed by atoms with Crippen molar-refractivity contribution in [2.45, 2.75) is 40.0 Å². The van der Waals surface area contributed by atoms with E-state index in [1.54, 1.807) is 19.1 Å². The summed E-state index contributed by atoms with van der Waals surface area (Å²) in [6.45, 7) is 8.11. The van der Waals surface area contributed by atoms with Crippen molar-refractivity contribution >= 4 is 5.69 Å². The van der Waals surface area contributed by atoms with Crippen molar-refractivity contribution in [3.05, 3.63) is 75.2 Å². The monoisotopic (exact) mass is 365 g/mol. The third-order valence-corrected chi connectivity index (χ3v) is 4.60. The average molecular weight is 365 g/mol. The van der Waals surface area contributed by atoms with Gasteiger partial charge < -0.3 is 4.52 Å². The van der Waals surface area contributed by atoms with Crippen LogP contribution in [0.1, 0.15) is 49.3 Å². The highest BCUT2D eigenvalue weighted by molar-refractivity contribution is 5.61. The molecule has 1 atom stereocenters. The summed E-state index contributed by atoms with van der Waals surface area (Å²) in [6, 6.07) is 13.4. The predicted molar refractivity (Wildman–Crippen MR) is 104 cm³/mol. The van der Waals surface area contributed by atoms with Crippen LogP contribution in [0.15, 0.2) is 47.0 Å². The van der Waals surface area contributed by atoms with Gasteiger partial charge in [-0.2, -0.15) is 4.98 Å². The van der Waals surface area contributed by atoms with Gasteiger partial charge in [0.2, 0.25) is 11.7 Å². The van der Waals surface area contributed by atoms with Crippen LogP contribution in [-0.4, -0.2) is 15.1 Å². The first-order valence-electron chi connectivity index (χ1n) is 9.03. The third kappa shape index (κ3) is 4.22. The number of rotatable bonds is 6. The fraction of sp³-hybridized carbons (Fsp3) is 0.333. The highest BCUT2D eigenvalue weighted by atomic mass is 16.6. The molecule has 27 heavy (non-hydrogen) atoms. The van der Waals surface area contributed by atoms with Crippen molar-refractivity contribution < 1.29 is 9.45 Å². The summed E-state index contributed by atoms with van der Waals surface area (Å²) < 4.78 is 5.43. The molecule has 6 nitrogen and oxygen atoms in total. The van der Waals surface area contributed by atoms with Crippen molar-refractivity contribution in [1.29, 1.82) is 0 Å². The fourth-order valence-electron chi connectivity index (χ4n) is 3.03. The number of aromatic nitrogens is 2. The molecular formula is C21H23N3O3. The minimum absolute atomic E-state index is 0.0487. The van der Waals surface area contributed by atoms with Crippen LogP contribution in [0.3, 0.4) is 0 Å². The van der Waals surface area contributed by atoms with Gasteiger partial charge >= 0.3 is 0 Å². The Morgan fingerprint density at radius 1 is 1.11 bits per heavy atom. The van der Waals surface area contributed by atoms with E-state index in [4.69, 9.17) is 4.52 Å². The number of nitro benzene ring substituents is 1. The second kappa shape index (κ2) is 7.70. The molecule has 0 amide bonds. The molecule has 0 saturated carbocycles. The van der Waals surface area contributed by atoms with Crippen molar-refractivity contribution in [3.8, 4) is 11.4 Å². The molecule has 0 spiro atoms. The standard InChI is InChI=1S/C21H23N3O3/c1-13(2)11-16-6-9-17(10-7-16)15(4)21-22-20(23-27-21)18-8-5-14(3)19(12-18)24(25)26/h5-10,12-13,15H,11H2,1-4H3. The SMILES string of the molecule is Cc1ccc(-c2noc(C(C)c3ccc(CC(C)C)cc3)n2)cc1[N+](=O)[O-]. The van der Waals surface area contributed by atoms with E-state index in [2.05, 4.69) is 48.3 Å². The highest BCUT2D eigenvalue weighted by Gasteiger charge is 2.19. The zero-order chi connectivity index (χ0) is 19.6. The van der Waals surface area contributed by atoms with Gasteiger partial charge in [-0.05, 0) is 37.3 Å². The van der Waals surface area contributed by atoms with E-state index in [1.807, 2.05) is 6.92 Å². The summed E-state index contributed by atoms with van der Waals surface area (Å²) in [5, 5.41) is 15.2. The Hall–Kier alpha value is -3.02. The molecule has 0 bridgehead atoms. The molecule has 0 aliphatic rings. The lowest BCUT2D eigenvalue weighted by Gasteiger charge is -2.09. The molecule has 0 saturated heterocycles. The van der Waals surface area contributed by atoms with Gasteiger partial charge in [-0.15, -0.1) is 0 Å². The number of aryl methyl sites for hydroxylation is 1. The Bertz CT molecular complexity index is 946. The molecule has 1 heterocycles. The van der Waals surface area contributed by atoms with Crippen LogP contribution in [-0.2, 0) is 6.42 Å². The molecule has 3 rings (SSSR count). The van der Waals surface area contributed by atoms with E-state index in [-0.39, 0.29) is 11.6 Å². The van der Waals surface area contributed by atoms with Gasteiger partial charge in [0.15, 0.2) is 0 Å². The Labute approximate surface area is 158 Å². The number of hydrogen-bond donors (Lipinski definition) is 0. The van der Waals surface area contributed by atoms with Gasteiger partial charge in [-0.1, -0.05) is 55.4 Å². The van der Waals surface area contributed by atoms with E-state index >= 15 is 0 Å². The Balaban J connectivity index is 1.83. The van der Waals surface area contributed by atoms with Gasteiger partial charge in [-0.25, -0.2) is 0 Å². The molecule has 0 fully saturated rings. The van der Waals surface area contributed by atoms with Crippen LogP contribution in [0, 0.1) is 23.0 Å². The zero-order valence-corrected chi connectivity index (χ0v) is 16.0. The first-order chi connectivity index (χ1) is 12.8. The predicted octanol–water partition coefficient (Wildman–Crippen LogP) is 5.30. The molecule has 0 aliphatic heterocycles. The maximum atomic E-state index is 11.1. The van der Waals surface area contributed by atoms with Gasteiger partial charge in [-0.3, -0.25) is 10.1 Å². The molecule has 1 unspecified atom stereocenters. The lowest BCUT2D eigenvalue weighted by atomic mass is 9.97. The van der Waals surface area contributed by atoms with Crippen molar-refractivity contribution in [2.75, 3.05) is 0 Å². The number of benzene rings is 2. The summed E-state index contributed by atoms with van der Waals surface area (Å²) in [4.78, 5) is 15.2. The van der Waals surface area contributed by atoms with Gasteiger partial charge in [0.05, 0.1) is 10.8 Å². The molecule has 0 N–H and O–H groups in total. The molecule has 1 aromatic heterocycles. The van der Waals surface area contributed by atoms with Crippen molar-refractivity contribution in [3.63, 3.8) is 0 Å². The summed E-state index contributed by atoms with van der Waals surface area (Å²) in [5.41, 5.74) is 3.61. The summed E-state index contributed by atoms with van der Waals surface area (Å²) in [7, 11) is 0. The van der Waals surface area contributed by atoms with Gasteiger partial charge in [0, 0.05) is 17.2 Å². The topological polar surface area (TPSA) is 82.1 Å². The van der Waals surface area contributed by atoms with Gasteiger partial charge in [0.1, 0.15) is 0 Å².